The number of benzene rings is 1. The molecule has 0 radical (unpaired) electrons. The first kappa shape index (κ1) is 26.3. The van der Waals surface area contributed by atoms with Crippen LogP contribution in [0, 0.1) is 10.1 Å². The zero-order valence-electron chi connectivity index (χ0n) is 19.6. The number of esters is 1. The maximum Gasteiger partial charge on any atom is 0.328 e. The molecule has 2 fully saturated rings. The minimum absolute atomic E-state index is 0.0248. The van der Waals surface area contributed by atoms with Crippen molar-refractivity contribution in [3.8, 4) is 0 Å². The van der Waals surface area contributed by atoms with E-state index in [-0.39, 0.29) is 43.1 Å². The SMILES string of the molecule is COC(=O)[C@H](CCCN=C(N)N[N+](=O)[O-])NC(=O)[C@H]1C[C@@H]2OC[C@@H](OCc3ccccc3)C[C@@H]2N1. The molecular formula is C22H32N6O7. The van der Waals surface area contributed by atoms with Crippen molar-refractivity contribution in [2.45, 2.75) is 62.6 Å². The van der Waals surface area contributed by atoms with Crippen LogP contribution in [-0.2, 0) is 30.4 Å². The first-order valence-electron chi connectivity index (χ1n) is 11.5. The summed E-state index contributed by atoms with van der Waals surface area (Å²) in [5.74, 6) is -1.24. The summed E-state index contributed by atoms with van der Waals surface area (Å²) in [6.45, 7) is 1.10. The second kappa shape index (κ2) is 13.0. The Labute approximate surface area is 202 Å². The number of nitrogens with zero attached hydrogens (tertiary/aromatic N) is 2. The average molecular weight is 493 g/mol. The molecule has 192 valence electrons. The van der Waals surface area contributed by atoms with Gasteiger partial charge in [-0.1, -0.05) is 35.8 Å². The molecule has 0 unspecified atom stereocenters. The summed E-state index contributed by atoms with van der Waals surface area (Å²) >= 11 is 0. The lowest BCUT2D eigenvalue weighted by Gasteiger charge is -2.31. The van der Waals surface area contributed by atoms with E-state index in [0.717, 1.165) is 12.0 Å². The third kappa shape index (κ3) is 8.16. The maximum atomic E-state index is 12.9. The molecule has 1 aromatic rings. The number of methoxy groups -OCH3 is 1. The van der Waals surface area contributed by atoms with E-state index >= 15 is 0 Å². The molecule has 5 N–H and O–H groups in total. The van der Waals surface area contributed by atoms with Crippen LogP contribution in [-0.4, -0.2) is 73.5 Å². The highest BCUT2D eigenvalue weighted by atomic mass is 16.7. The Bertz CT molecular complexity index is 900. The van der Waals surface area contributed by atoms with E-state index in [4.69, 9.17) is 19.9 Å². The number of fused-ring (bicyclic) bond motifs is 1. The van der Waals surface area contributed by atoms with Gasteiger partial charge in [-0.05, 0) is 31.2 Å². The van der Waals surface area contributed by atoms with Crippen LogP contribution in [0.5, 0.6) is 0 Å². The van der Waals surface area contributed by atoms with Gasteiger partial charge in [-0.3, -0.25) is 4.79 Å². The molecule has 0 bridgehead atoms. The molecular weight excluding hydrogens is 460 g/mol. The van der Waals surface area contributed by atoms with Crippen molar-refractivity contribution in [2.75, 3.05) is 20.3 Å². The Balaban J connectivity index is 1.45. The fraction of sp³-hybridized carbons (Fsp3) is 0.591. The van der Waals surface area contributed by atoms with Crippen LogP contribution in [0.2, 0.25) is 0 Å². The fourth-order valence-corrected chi connectivity index (χ4v) is 4.19. The number of ether oxygens (including phenoxy) is 3. The van der Waals surface area contributed by atoms with Crippen molar-refractivity contribution in [2.24, 2.45) is 10.7 Å². The molecule has 35 heavy (non-hydrogen) atoms. The van der Waals surface area contributed by atoms with Gasteiger partial charge in [-0.25, -0.2) is 19.9 Å². The minimum Gasteiger partial charge on any atom is -0.467 e. The lowest BCUT2D eigenvalue weighted by Crippen LogP contribution is -2.50. The molecule has 5 atom stereocenters. The molecule has 13 heteroatoms. The molecule has 1 amide bonds. The van der Waals surface area contributed by atoms with Gasteiger partial charge in [0.1, 0.15) is 6.04 Å². The quantitative estimate of drug-likeness (QED) is 0.0794. The van der Waals surface area contributed by atoms with E-state index in [1.165, 1.54) is 7.11 Å². The normalized spacial score (nSPS) is 24.8. The monoisotopic (exact) mass is 492 g/mol. The molecule has 0 aromatic heterocycles. The number of nitro groups is 1. The molecule has 2 saturated heterocycles. The van der Waals surface area contributed by atoms with E-state index in [1.807, 2.05) is 30.3 Å². The molecule has 2 heterocycles. The number of hydrogen-bond donors (Lipinski definition) is 4. The van der Waals surface area contributed by atoms with Gasteiger partial charge >= 0.3 is 5.97 Å². The van der Waals surface area contributed by atoms with Gasteiger partial charge < -0.3 is 30.6 Å². The van der Waals surface area contributed by atoms with Crippen molar-refractivity contribution < 1.29 is 28.8 Å². The number of aliphatic imine (C=N–C) groups is 1. The summed E-state index contributed by atoms with van der Waals surface area (Å²) < 4.78 is 16.7. The first-order valence-corrected chi connectivity index (χ1v) is 11.5. The zero-order valence-corrected chi connectivity index (χ0v) is 19.6. The number of carbonyl (C=O) groups excluding carboxylic acids is 2. The van der Waals surface area contributed by atoms with Gasteiger partial charge in [-0.2, -0.15) is 0 Å². The largest absolute Gasteiger partial charge is 0.467 e. The van der Waals surface area contributed by atoms with Crippen LogP contribution in [0.1, 0.15) is 31.2 Å². The van der Waals surface area contributed by atoms with Crippen molar-refractivity contribution in [1.82, 2.24) is 16.1 Å². The van der Waals surface area contributed by atoms with Gasteiger partial charge in [0.2, 0.25) is 5.91 Å². The molecule has 0 aliphatic carbocycles. The third-order valence-electron chi connectivity index (χ3n) is 5.93. The Morgan fingerprint density at radius 2 is 2.11 bits per heavy atom. The maximum absolute atomic E-state index is 12.9. The number of amides is 1. The van der Waals surface area contributed by atoms with Gasteiger partial charge in [0.25, 0.3) is 5.96 Å². The Kier molecular flexibility index (Phi) is 9.76. The smallest absolute Gasteiger partial charge is 0.328 e. The van der Waals surface area contributed by atoms with E-state index in [2.05, 4.69) is 15.6 Å². The van der Waals surface area contributed by atoms with Gasteiger partial charge in [0, 0.05) is 12.6 Å². The summed E-state index contributed by atoms with van der Waals surface area (Å²) in [6, 6.07) is 8.48. The summed E-state index contributed by atoms with van der Waals surface area (Å²) in [6.07, 6.45) is 1.62. The van der Waals surface area contributed by atoms with Crippen LogP contribution < -0.4 is 21.8 Å². The topological polar surface area (TPSA) is 179 Å². The second-order valence-corrected chi connectivity index (χ2v) is 8.45. The highest BCUT2D eigenvalue weighted by Crippen LogP contribution is 2.27. The molecule has 3 rings (SSSR count). The number of carbonyl (C=O) groups is 2. The van der Waals surface area contributed by atoms with Gasteiger partial charge in [0.05, 0.1) is 38.6 Å². The third-order valence-corrected chi connectivity index (χ3v) is 5.93. The number of guanidine groups is 1. The predicted molar refractivity (Wildman–Crippen MR) is 125 cm³/mol. The van der Waals surface area contributed by atoms with Gasteiger partial charge in [0.15, 0.2) is 5.03 Å². The Hall–Kier alpha value is -3.29. The van der Waals surface area contributed by atoms with Crippen molar-refractivity contribution >= 4 is 17.8 Å². The molecule has 2 aliphatic heterocycles. The highest BCUT2D eigenvalue weighted by molar-refractivity contribution is 5.87. The van der Waals surface area contributed by atoms with Crippen LogP contribution >= 0.6 is 0 Å². The zero-order chi connectivity index (χ0) is 25.2. The summed E-state index contributed by atoms with van der Waals surface area (Å²) in [5, 5.41) is 15.6. The number of hydrogen-bond acceptors (Lipinski definition) is 9. The van der Waals surface area contributed by atoms with Crippen molar-refractivity contribution in [3.05, 3.63) is 46.0 Å². The predicted octanol–water partition coefficient (Wildman–Crippen LogP) is -0.375. The highest BCUT2D eigenvalue weighted by Gasteiger charge is 2.42. The second-order valence-electron chi connectivity index (χ2n) is 8.45. The Morgan fingerprint density at radius 1 is 1.34 bits per heavy atom. The van der Waals surface area contributed by atoms with Crippen LogP contribution in [0.4, 0.5) is 0 Å². The number of hydrazine groups is 1. The van der Waals surface area contributed by atoms with Crippen LogP contribution in [0.25, 0.3) is 0 Å². The Morgan fingerprint density at radius 3 is 2.83 bits per heavy atom. The first-order chi connectivity index (χ1) is 16.9. The fourth-order valence-electron chi connectivity index (χ4n) is 4.19. The molecule has 2 aliphatic rings. The summed E-state index contributed by atoms with van der Waals surface area (Å²) in [4.78, 5) is 39.2. The standard InChI is InChI=1S/C22H32N6O7/c1-33-21(30)16(8-5-9-24-22(23)27-28(31)32)26-20(29)18-11-19-17(25-18)10-15(13-35-19)34-12-14-6-3-2-4-7-14/h2-4,6-7,15-19,25H,5,8-13H2,1H3,(H,26,29)(H3,23,24,27)/t15-,16-,17-,18+,19-/m0/s1. The van der Waals surface area contributed by atoms with Crippen LogP contribution in [0.3, 0.4) is 0 Å². The van der Waals surface area contributed by atoms with Crippen molar-refractivity contribution in [1.29, 1.82) is 0 Å². The lowest BCUT2D eigenvalue weighted by atomic mass is 10.0. The van der Waals surface area contributed by atoms with Gasteiger partial charge in [-0.15, -0.1) is 0 Å². The lowest BCUT2D eigenvalue weighted by molar-refractivity contribution is -0.525. The molecule has 13 nitrogen and oxygen atoms in total. The van der Waals surface area contributed by atoms with Crippen LogP contribution in [0.15, 0.2) is 35.3 Å². The van der Waals surface area contributed by atoms with E-state index in [0.29, 0.717) is 26.1 Å². The summed E-state index contributed by atoms with van der Waals surface area (Å²) in [5.41, 5.74) is 8.19. The van der Waals surface area contributed by atoms with E-state index < -0.39 is 23.1 Å². The molecule has 1 aromatic carbocycles. The number of rotatable bonds is 11. The summed E-state index contributed by atoms with van der Waals surface area (Å²) in [7, 11) is 1.24. The number of nitrogens with two attached hydrogens (primary N) is 1. The van der Waals surface area contributed by atoms with E-state index in [1.54, 1.807) is 5.43 Å². The average Bonchev–Trinajstić information content (AvgIpc) is 3.28. The molecule has 0 saturated carbocycles. The van der Waals surface area contributed by atoms with Crippen molar-refractivity contribution in [3.63, 3.8) is 0 Å². The minimum atomic E-state index is -0.875. The molecule has 0 spiro atoms. The number of nitrogens with one attached hydrogen (secondary N) is 3. The van der Waals surface area contributed by atoms with E-state index in [9.17, 15) is 19.7 Å².